The number of nitrogens with one attached hydrogen (secondary N) is 3. The van der Waals surface area contributed by atoms with E-state index in [1.54, 1.807) is 6.92 Å². The SMILES string of the molecule is COC(=O)c1cc(/C=C/C(=O)NNC(=S)NCc2ccc3c(c2)OCO3)oc1C. The Bertz CT molecular complexity index is 969. The highest BCUT2D eigenvalue weighted by molar-refractivity contribution is 7.80. The molecule has 0 unspecified atom stereocenters. The monoisotopic (exact) mass is 417 g/mol. The highest BCUT2D eigenvalue weighted by atomic mass is 32.1. The number of furan rings is 1. The van der Waals surface area contributed by atoms with Crippen LogP contribution in [0.5, 0.6) is 11.5 Å². The maximum absolute atomic E-state index is 11.9. The zero-order valence-corrected chi connectivity index (χ0v) is 16.6. The molecule has 0 bridgehead atoms. The van der Waals surface area contributed by atoms with Crippen molar-refractivity contribution in [2.75, 3.05) is 13.9 Å². The minimum Gasteiger partial charge on any atom is -0.465 e. The molecule has 0 fully saturated rings. The lowest BCUT2D eigenvalue weighted by molar-refractivity contribution is -0.117. The number of methoxy groups -OCH3 is 1. The molecule has 3 rings (SSSR count). The minimum absolute atomic E-state index is 0.216. The Kier molecular flexibility index (Phi) is 6.35. The lowest BCUT2D eigenvalue weighted by Gasteiger charge is -2.10. The van der Waals surface area contributed by atoms with Crippen LogP contribution in [0.1, 0.15) is 27.4 Å². The summed E-state index contributed by atoms with van der Waals surface area (Å²) in [5.74, 6) is 1.19. The summed E-state index contributed by atoms with van der Waals surface area (Å²) in [5, 5.41) is 3.21. The van der Waals surface area contributed by atoms with Gasteiger partial charge in [-0.2, -0.15) is 0 Å². The quantitative estimate of drug-likeness (QED) is 0.290. The van der Waals surface area contributed by atoms with Crippen LogP contribution in [0.2, 0.25) is 0 Å². The number of benzene rings is 1. The van der Waals surface area contributed by atoms with E-state index < -0.39 is 11.9 Å². The number of hydrogen-bond acceptors (Lipinski definition) is 7. The fourth-order valence-corrected chi connectivity index (χ4v) is 2.62. The number of carbonyl (C=O) groups excluding carboxylic acids is 2. The standard InChI is InChI=1S/C19H19N3O6S/c1-11-14(18(24)25-2)8-13(28-11)4-6-17(23)21-22-19(29)20-9-12-3-5-15-16(7-12)27-10-26-15/h3-8H,9-10H2,1-2H3,(H,21,23)(H2,20,22,29)/b6-4+. The Morgan fingerprint density at radius 3 is 2.79 bits per heavy atom. The number of carbonyl (C=O) groups is 2. The van der Waals surface area contributed by atoms with E-state index in [0.717, 1.165) is 5.56 Å². The van der Waals surface area contributed by atoms with E-state index >= 15 is 0 Å². The third-order valence-corrected chi connectivity index (χ3v) is 4.18. The van der Waals surface area contributed by atoms with E-state index in [0.29, 0.717) is 35.1 Å². The van der Waals surface area contributed by atoms with Crippen molar-refractivity contribution in [1.29, 1.82) is 0 Å². The lowest BCUT2D eigenvalue weighted by atomic mass is 10.2. The van der Waals surface area contributed by atoms with Crippen molar-refractivity contribution in [3.63, 3.8) is 0 Å². The molecule has 10 heteroatoms. The van der Waals surface area contributed by atoms with Gasteiger partial charge in [0.1, 0.15) is 17.1 Å². The van der Waals surface area contributed by atoms with Gasteiger partial charge in [-0.3, -0.25) is 15.6 Å². The average Bonchev–Trinajstić information content (AvgIpc) is 3.34. The first-order chi connectivity index (χ1) is 14.0. The van der Waals surface area contributed by atoms with Gasteiger partial charge in [-0.15, -0.1) is 0 Å². The van der Waals surface area contributed by atoms with Crippen LogP contribution in [0.25, 0.3) is 6.08 Å². The van der Waals surface area contributed by atoms with Gasteiger partial charge >= 0.3 is 5.97 Å². The molecule has 0 atom stereocenters. The van der Waals surface area contributed by atoms with Crippen molar-refractivity contribution in [3.05, 3.63) is 53.0 Å². The van der Waals surface area contributed by atoms with Crippen molar-refractivity contribution in [1.82, 2.24) is 16.2 Å². The van der Waals surface area contributed by atoms with E-state index in [9.17, 15) is 9.59 Å². The van der Waals surface area contributed by atoms with Gasteiger partial charge in [0.2, 0.25) is 6.79 Å². The molecule has 2 heterocycles. The third kappa shape index (κ3) is 5.26. The zero-order valence-electron chi connectivity index (χ0n) is 15.7. The van der Waals surface area contributed by atoms with E-state index in [1.807, 2.05) is 18.2 Å². The second kappa shape index (κ2) is 9.11. The first-order valence-corrected chi connectivity index (χ1v) is 8.96. The minimum atomic E-state index is -0.504. The molecule has 0 saturated carbocycles. The maximum Gasteiger partial charge on any atom is 0.341 e. The normalized spacial score (nSPS) is 11.9. The van der Waals surface area contributed by atoms with Gasteiger partial charge in [0.15, 0.2) is 16.6 Å². The van der Waals surface area contributed by atoms with E-state index in [1.165, 1.54) is 25.3 Å². The molecule has 1 aromatic heterocycles. The van der Waals surface area contributed by atoms with E-state index in [2.05, 4.69) is 20.9 Å². The summed E-state index contributed by atoms with van der Waals surface area (Å²) in [7, 11) is 1.28. The highest BCUT2D eigenvalue weighted by Gasteiger charge is 2.14. The van der Waals surface area contributed by atoms with Gasteiger partial charge in [-0.05, 0) is 49.0 Å². The summed E-state index contributed by atoms with van der Waals surface area (Å²) in [6.45, 7) is 2.29. The molecule has 1 aliphatic rings. The summed E-state index contributed by atoms with van der Waals surface area (Å²) in [4.78, 5) is 23.4. The number of fused-ring (bicyclic) bond motifs is 1. The molecular formula is C19H19N3O6S. The van der Waals surface area contributed by atoms with Crippen LogP contribution in [0, 0.1) is 6.92 Å². The van der Waals surface area contributed by atoms with E-state index in [4.69, 9.17) is 26.1 Å². The first-order valence-electron chi connectivity index (χ1n) is 8.55. The topological polar surface area (TPSA) is 111 Å². The number of ether oxygens (including phenoxy) is 3. The van der Waals surface area contributed by atoms with E-state index in [-0.39, 0.29) is 11.9 Å². The van der Waals surface area contributed by atoms with Gasteiger partial charge in [0.25, 0.3) is 5.91 Å². The maximum atomic E-state index is 11.9. The van der Waals surface area contributed by atoms with Gasteiger partial charge in [0.05, 0.1) is 7.11 Å². The van der Waals surface area contributed by atoms with Crippen LogP contribution >= 0.6 is 12.2 Å². The van der Waals surface area contributed by atoms with Crippen LogP contribution in [0.4, 0.5) is 0 Å². The fourth-order valence-electron chi connectivity index (χ4n) is 2.50. The molecule has 0 spiro atoms. The van der Waals surface area contributed by atoms with Crippen molar-refractivity contribution in [2.45, 2.75) is 13.5 Å². The predicted octanol–water partition coefficient (Wildman–Crippen LogP) is 1.81. The Labute approximate surface area is 172 Å². The van der Waals surface area contributed by atoms with Gasteiger partial charge < -0.3 is 23.9 Å². The van der Waals surface area contributed by atoms with Crippen molar-refractivity contribution in [2.24, 2.45) is 0 Å². The second-order valence-corrected chi connectivity index (χ2v) is 6.34. The molecular weight excluding hydrogens is 398 g/mol. The van der Waals surface area contributed by atoms with Gasteiger partial charge in [-0.25, -0.2) is 4.79 Å². The molecule has 9 nitrogen and oxygen atoms in total. The number of thiocarbonyl (C=S) groups is 1. The summed E-state index contributed by atoms with van der Waals surface area (Å²) < 4.78 is 20.6. The summed E-state index contributed by atoms with van der Waals surface area (Å²) >= 11 is 5.12. The van der Waals surface area contributed by atoms with Gasteiger partial charge in [-0.1, -0.05) is 6.07 Å². The largest absolute Gasteiger partial charge is 0.465 e. The number of hydrazine groups is 1. The molecule has 3 N–H and O–H groups in total. The van der Waals surface area contributed by atoms with Crippen LogP contribution in [-0.4, -0.2) is 30.9 Å². The van der Waals surface area contributed by atoms with Crippen molar-refractivity contribution in [3.8, 4) is 11.5 Å². The first kappa shape index (κ1) is 20.2. The Morgan fingerprint density at radius 1 is 1.21 bits per heavy atom. The average molecular weight is 417 g/mol. The molecule has 2 aromatic rings. The molecule has 0 aliphatic carbocycles. The summed E-state index contributed by atoms with van der Waals surface area (Å²) in [6.07, 6.45) is 2.67. The molecule has 0 radical (unpaired) electrons. The molecule has 1 aromatic carbocycles. The summed E-state index contributed by atoms with van der Waals surface area (Å²) in [5.41, 5.74) is 6.27. The smallest absolute Gasteiger partial charge is 0.341 e. The Balaban J connectivity index is 1.43. The van der Waals surface area contributed by atoms with Crippen LogP contribution in [0.3, 0.4) is 0 Å². The number of esters is 1. The number of hydrogen-bond donors (Lipinski definition) is 3. The molecule has 152 valence electrons. The molecule has 1 amide bonds. The number of rotatable bonds is 5. The second-order valence-electron chi connectivity index (χ2n) is 5.93. The number of amides is 1. The Hall–Kier alpha value is -3.53. The predicted molar refractivity (Wildman–Crippen MR) is 107 cm³/mol. The van der Waals surface area contributed by atoms with Crippen molar-refractivity contribution >= 4 is 35.3 Å². The number of aryl methyl sites for hydroxylation is 1. The molecule has 29 heavy (non-hydrogen) atoms. The highest BCUT2D eigenvalue weighted by Crippen LogP contribution is 2.32. The van der Waals surface area contributed by atoms with Gasteiger partial charge in [0, 0.05) is 12.6 Å². The van der Waals surface area contributed by atoms with Crippen molar-refractivity contribution < 1.29 is 28.2 Å². The summed E-state index contributed by atoms with van der Waals surface area (Å²) in [6, 6.07) is 7.06. The van der Waals surface area contributed by atoms with Crippen LogP contribution < -0.4 is 25.6 Å². The van der Waals surface area contributed by atoms with Crippen LogP contribution in [0.15, 0.2) is 34.8 Å². The van der Waals surface area contributed by atoms with Crippen LogP contribution in [-0.2, 0) is 16.1 Å². The molecule has 1 aliphatic heterocycles. The zero-order chi connectivity index (χ0) is 20.8. The lowest BCUT2D eigenvalue weighted by Crippen LogP contribution is -2.45. The Morgan fingerprint density at radius 2 is 2.00 bits per heavy atom. The fraction of sp³-hybridized carbons (Fsp3) is 0.211. The molecule has 0 saturated heterocycles. The third-order valence-electron chi connectivity index (χ3n) is 3.93.